The van der Waals surface area contributed by atoms with E-state index in [-0.39, 0.29) is 16.0 Å². The molecule has 184 valence electrons. The lowest BCUT2D eigenvalue weighted by Crippen LogP contribution is -2.27. The number of rotatable bonds is 6. The molecule has 0 amide bonds. The highest BCUT2D eigenvalue weighted by molar-refractivity contribution is 7.89. The number of halogens is 2. The van der Waals surface area contributed by atoms with Crippen molar-refractivity contribution in [3.05, 3.63) is 63.1 Å². The van der Waals surface area contributed by atoms with E-state index in [1.807, 2.05) is 4.90 Å². The van der Waals surface area contributed by atoms with Crippen LogP contribution in [0.4, 0.5) is 5.69 Å². The number of pyridine rings is 1. The molecule has 2 aliphatic heterocycles. The van der Waals surface area contributed by atoms with E-state index in [1.54, 1.807) is 30.3 Å². The fourth-order valence-corrected chi connectivity index (χ4v) is 6.34. The number of hydrogen-bond acceptors (Lipinski definition) is 7. The third kappa shape index (κ3) is 4.88. The first kappa shape index (κ1) is 24.1. The Morgan fingerprint density at radius 3 is 2.54 bits per heavy atom. The molecule has 1 aromatic carbocycles. The van der Waals surface area contributed by atoms with Gasteiger partial charge in [0, 0.05) is 37.7 Å². The van der Waals surface area contributed by atoms with E-state index in [0.717, 1.165) is 18.4 Å². The average Bonchev–Trinajstić information content (AvgIpc) is 3.55. The van der Waals surface area contributed by atoms with E-state index in [4.69, 9.17) is 27.9 Å². The molecule has 9 nitrogen and oxygen atoms in total. The largest absolute Gasteiger partial charge is 0.472 e. The zero-order valence-electron chi connectivity index (χ0n) is 18.7. The van der Waals surface area contributed by atoms with Crippen molar-refractivity contribution < 1.29 is 13.2 Å². The maximum atomic E-state index is 12.8. The zero-order valence-corrected chi connectivity index (χ0v) is 21.0. The predicted molar refractivity (Wildman–Crippen MR) is 134 cm³/mol. The van der Waals surface area contributed by atoms with E-state index < -0.39 is 15.6 Å². The monoisotopic (exact) mass is 535 g/mol. The highest BCUT2D eigenvalue weighted by atomic mass is 35.5. The van der Waals surface area contributed by atoms with Crippen molar-refractivity contribution >= 4 is 38.9 Å². The summed E-state index contributed by atoms with van der Waals surface area (Å²) in [5.74, 6) is 0.403. The Bertz CT molecular complexity index is 1390. The Morgan fingerprint density at radius 2 is 1.80 bits per heavy atom. The molecule has 0 bridgehead atoms. The summed E-state index contributed by atoms with van der Waals surface area (Å²) in [6, 6.07) is 8.44. The summed E-state index contributed by atoms with van der Waals surface area (Å²) in [6.45, 7) is 2.29. The molecule has 0 saturated carbocycles. The van der Waals surface area contributed by atoms with Crippen LogP contribution in [0.25, 0.3) is 11.1 Å². The number of hydrogen-bond donors (Lipinski definition) is 1. The molecule has 0 spiro atoms. The quantitative estimate of drug-likeness (QED) is 0.513. The van der Waals surface area contributed by atoms with Gasteiger partial charge in [0.1, 0.15) is 11.1 Å². The van der Waals surface area contributed by atoms with Crippen LogP contribution in [0.3, 0.4) is 0 Å². The standard InChI is InChI=1S/C23H23Cl2N5O4S/c24-19-12-26-21(34-16-7-10-29(14-16)20-13-27-28-23(31)22(20)25)11-18(19)15-3-5-17(6-4-15)35(32,33)30-8-1-2-9-30/h3-6,11-13,16H,1-2,7-10,14H2,(H,28,31)/t16-/m1/s1. The summed E-state index contributed by atoms with van der Waals surface area (Å²) < 4.78 is 33.2. The van der Waals surface area contributed by atoms with Crippen molar-refractivity contribution in [3.8, 4) is 17.0 Å². The maximum absolute atomic E-state index is 12.8. The van der Waals surface area contributed by atoms with Crippen molar-refractivity contribution in [3.63, 3.8) is 0 Å². The molecular weight excluding hydrogens is 513 g/mol. The lowest BCUT2D eigenvalue weighted by molar-refractivity contribution is 0.216. The molecule has 2 aliphatic rings. The number of benzene rings is 1. The second kappa shape index (κ2) is 9.77. The van der Waals surface area contributed by atoms with Gasteiger partial charge in [-0.3, -0.25) is 4.79 Å². The van der Waals surface area contributed by atoms with Gasteiger partial charge in [-0.25, -0.2) is 18.5 Å². The van der Waals surface area contributed by atoms with Crippen LogP contribution < -0.4 is 15.2 Å². The van der Waals surface area contributed by atoms with Gasteiger partial charge in [-0.15, -0.1) is 0 Å². The molecule has 2 saturated heterocycles. The lowest BCUT2D eigenvalue weighted by Gasteiger charge is -2.19. The maximum Gasteiger partial charge on any atom is 0.285 e. The molecule has 0 radical (unpaired) electrons. The van der Waals surface area contributed by atoms with Gasteiger partial charge < -0.3 is 9.64 Å². The first-order valence-electron chi connectivity index (χ1n) is 11.2. The fourth-order valence-electron chi connectivity index (χ4n) is 4.40. The number of H-pyrrole nitrogens is 1. The third-order valence-electron chi connectivity index (χ3n) is 6.25. The second-order valence-corrected chi connectivity index (χ2v) is 11.2. The van der Waals surface area contributed by atoms with E-state index in [2.05, 4.69) is 15.2 Å². The first-order valence-corrected chi connectivity index (χ1v) is 13.4. The predicted octanol–water partition coefficient (Wildman–Crippen LogP) is 3.58. The molecule has 0 unspecified atom stereocenters. The molecule has 3 aromatic rings. The van der Waals surface area contributed by atoms with Crippen molar-refractivity contribution in [2.75, 3.05) is 31.1 Å². The number of nitrogens with zero attached hydrogens (tertiary/aromatic N) is 4. The first-order chi connectivity index (χ1) is 16.8. The lowest BCUT2D eigenvalue weighted by atomic mass is 10.1. The molecule has 1 atom stereocenters. The fraction of sp³-hybridized carbons (Fsp3) is 0.348. The molecule has 4 heterocycles. The normalized spacial score (nSPS) is 18.8. The van der Waals surface area contributed by atoms with Crippen LogP contribution in [0.15, 0.2) is 52.4 Å². The van der Waals surface area contributed by atoms with Gasteiger partial charge in [-0.05, 0) is 30.5 Å². The Hall–Kier alpha value is -2.66. The molecule has 12 heteroatoms. The Kier molecular flexibility index (Phi) is 6.71. The molecule has 1 N–H and O–H groups in total. The van der Waals surface area contributed by atoms with Gasteiger partial charge in [0.25, 0.3) is 5.56 Å². The summed E-state index contributed by atoms with van der Waals surface area (Å²) in [5.41, 5.74) is 1.59. The molecule has 35 heavy (non-hydrogen) atoms. The highest BCUT2D eigenvalue weighted by Gasteiger charge is 2.28. The van der Waals surface area contributed by atoms with Crippen molar-refractivity contribution in [2.24, 2.45) is 0 Å². The van der Waals surface area contributed by atoms with Crippen molar-refractivity contribution in [1.82, 2.24) is 19.5 Å². The number of nitrogens with one attached hydrogen (secondary N) is 1. The minimum atomic E-state index is -3.48. The van der Waals surface area contributed by atoms with Crippen molar-refractivity contribution in [2.45, 2.75) is 30.3 Å². The van der Waals surface area contributed by atoms with E-state index in [1.165, 1.54) is 16.7 Å². The summed E-state index contributed by atoms with van der Waals surface area (Å²) in [7, 11) is -3.48. The number of ether oxygens (including phenoxy) is 1. The number of sulfonamides is 1. The van der Waals surface area contributed by atoms with Gasteiger partial charge in [0.05, 0.1) is 34.5 Å². The van der Waals surface area contributed by atoms with Crippen LogP contribution in [-0.4, -0.2) is 60.2 Å². The van der Waals surface area contributed by atoms with E-state index in [0.29, 0.717) is 54.8 Å². The van der Waals surface area contributed by atoms with Crippen LogP contribution >= 0.6 is 23.2 Å². The topological polar surface area (TPSA) is 108 Å². The van der Waals surface area contributed by atoms with E-state index >= 15 is 0 Å². The molecule has 2 fully saturated rings. The molecule has 0 aliphatic carbocycles. The molecular formula is C23H23Cl2N5O4S. The SMILES string of the molecule is O=c1[nH]ncc(N2CC[C@@H](Oc3cc(-c4ccc(S(=O)(=O)N5CCCC5)cc4)c(Cl)cn3)C2)c1Cl. The van der Waals surface area contributed by atoms with E-state index in [9.17, 15) is 13.2 Å². The number of aromatic amines is 1. The number of aromatic nitrogens is 3. The van der Waals surface area contributed by atoms with Crippen LogP contribution in [0.1, 0.15) is 19.3 Å². The van der Waals surface area contributed by atoms with Crippen molar-refractivity contribution in [1.29, 1.82) is 0 Å². The Balaban J connectivity index is 1.31. The van der Waals surface area contributed by atoms with Crippen LogP contribution in [0.2, 0.25) is 10.0 Å². The van der Waals surface area contributed by atoms with Gasteiger partial charge >= 0.3 is 0 Å². The summed E-state index contributed by atoms with van der Waals surface area (Å²) >= 11 is 12.5. The molecule has 5 rings (SSSR count). The number of anilines is 1. The van der Waals surface area contributed by atoms with Gasteiger partial charge in [-0.1, -0.05) is 35.3 Å². The van der Waals surface area contributed by atoms with Gasteiger partial charge in [0.15, 0.2) is 0 Å². The summed E-state index contributed by atoms with van der Waals surface area (Å²) in [6.07, 6.45) is 5.37. The minimum absolute atomic E-state index is 0.0998. The average molecular weight is 536 g/mol. The van der Waals surface area contributed by atoms with Crippen LogP contribution in [-0.2, 0) is 10.0 Å². The Morgan fingerprint density at radius 1 is 1.06 bits per heavy atom. The van der Waals surface area contributed by atoms with Gasteiger partial charge in [-0.2, -0.15) is 9.40 Å². The van der Waals surface area contributed by atoms with Crippen LogP contribution in [0, 0.1) is 0 Å². The Labute approximate surface area is 212 Å². The van der Waals surface area contributed by atoms with Crippen LogP contribution in [0.5, 0.6) is 5.88 Å². The smallest absolute Gasteiger partial charge is 0.285 e. The zero-order chi connectivity index (χ0) is 24.6. The third-order valence-corrected chi connectivity index (χ3v) is 8.83. The molecule has 2 aromatic heterocycles. The summed E-state index contributed by atoms with van der Waals surface area (Å²) in [5, 5.41) is 6.67. The van der Waals surface area contributed by atoms with Gasteiger partial charge in [0.2, 0.25) is 15.9 Å². The minimum Gasteiger partial charge on any atom is -0.472 e. The highest BCUT2D eigenvalue weighted by Crippen LogP contribution is 2.33. The second-order valence-electron chi connectivity index (χ2n) is 8.51. The summed E-state index contributed by atoms with van der Waals surface area (Å²) in [4.78, 5) is 18.3.